The van der Waals surface area contributed by atoms with E-state index in [-0.39, 0.29) is 11.0 Å². The van der Waals surface area contributed by atoms with Crippen molar-refractivity contribution in [3.8, 4) is 5.75 Å². The first-order valence-electron chi connectivity index (χ1n) is 6.22. The number of rotatable bonds is 4. The van der Waals surface area contributed by atoms with Crippen LogP contribution in [0.5, 0.6) is 5.75 Å². The van der Waals surface area contributed by atoms with Gasteiger partial charge in [-0.3, -0.25) is 4.79 Å². The maximum Gasteiger partial charge on any atom is 0.199 e. The van der Waals surface area contributed by atoms with Crippen LogP contribution in [-0.2, 0) is 10.5 Å². The topological polar surface area (TPSA) is 50.7 Å². The molecule has 0 fully saturated rings. The van der Waals surface area contributed by atoms with Crippen molar-refractivity contribution >= 4 is 39.9 Å². The molecule has 0 aromatic heterocycles. The molecule has 106 valence electrons. The maximum atomic E-state index is 12.2. The first-order chi connectivity index (χ1) is 9.60. The molecule has 0 amide bonds. The highest BCUT2D eigenvalue weighted by atomic mass is 32.2. The van der Waals surface area contributed by atoms with Gasteiger partial charge in [0.05, 0.1) is 13.0 Å². The molecule has 1 N–H and O–H groups in total. The van der Waals surface area contributed by atoms with E-state index in [0.717, 1.165) is 17.0 Å². The number of thioether (sulfide) groups is 1. The molecule has 1 aromatic rings. The number of ether oxygens (including phenoxy) is 1. The van der Waals surface area contributed by atoms with E-state index in [1.54, 1.807) is 7.11 Å². The second-order valence-electron chi connectivity index (χ2n) is 4.45. The SMILES string of the molecule is COc1ccc(CSC(=O)C2CNC(=S)N=C2C)cc1. The number of carbonyl (C=O) groups is 1. The lowest BCUT2D eigenvalue weighted by molar-refractivity contribution is -0.112. The monoisotopic (exact) mass is 308 g/mol. The Morgan fingerprint density at radius 2 is 2.20 bits per heavy atom. The van der Waals surface area contributed by atoms with Gasteiger partial charge in [0.2, 0.25) is 0 Å². The summed E-state index contributed by atoms with van der Waals surface area (Å²) in [6.07, 6.45) is 0. The Morgan fingerprint density at radius 3 is 2.80 bits per heavy atom. The summed E-state index contributed by atoms with van der Waals surface area (Å²) in [6.45, 7) is 2.40. The summed E-state index contributed by atoms with van der Waals surface area (Å²) in [4.78, 5) is 16.3. The van der Waals surface area contributed by atoms with Crippen LogP contribution in [0.4, 0.5) is 0 Å². The standard InChI is InChI=1S/C14H16N2O2S2/c1-9-12(7-15-14(19)16-9)13(17)20-8-10-3-5-11(18-2)6-4-10/h3-6,12H,7-8H2,1-2H3,(H,15,19). The van der Waals surface area contributed by atoms with Gasteiger partial charge in [-0.05, 0) is 36.8 Å². The van der Waals surface area contributed by atoms with Gasteiger partial charge in [-0.25, -0.2) is 4.99 Å². The van der Waals surface area contributed by atoms with Crippen molar-refractivity contribution in [3.63, 3.8) is 0 Å². The van der Waals surface area contributed by atoms with Gasteiger partial charge in [-0.1, -0.05) is 23.9 Å². The Balaban J connectivity index is 1.91. The average molecular weight is 308 g/mol. The fraction of sp³-hybridized carbons (Fsp3) is 0.357. The molecule has 4 nitrogen and oxygen atoms in total. The molecular weight excluding hydrogens is 292 g/mol. The van der Waals surface area contributed by atoms with Crippen LogP contribution in [-0.4, -0.2) is 29.6 Å². The number of thiocarbonyl (C=S) groups is 1. The molecule has 1 heterocycles. The van der Waals surface area contributed by atoms with Gasteiger partial charge in [0, 0.05) is 18.0 Å². The highest BCUT2D eigenvalue weighted by Crippen LogP contribution is 2.21. The lowest BCUT2D eigenvalue weighted by Crippen LogP contribution is -2.39. The lowest BCUT2D eigenvalue weighted by atomic mass is 10.1. The van der Waals surface area contributed by atoms with E-state index >= 15 is 0 Å². The Kier molecular flexibility index (Phi) is 5.14. The van der Waals surface area contributed by atoms with Crippen molar-refractivity contribution < 1.29 is 9.53 Å². The molecule has 0 spiro atoms. The Morgan fingerprint density at radius 1 is 1.50 bits per heavy atom. The van der Waals surface area contributed by atoms with Crippen LogP contribution in [0.2, 0.25) is 0 Å². The molecule has 20 heavy (non-hydrogen) atoms. The van der Waals surface area contributed by atoms with E-state index in [0.29, 0.717) is 17.4 Å². The number of benzene rings is 1. The van der Waals surface area contributed by atoms with Crippen molar-refractivity contribution in [2.45, 2.75) is 12.7 Å². The third-order valence-corrected chi connectivity index (χ3v) is 4.35. The number of aliphatic imine (C=N–C) groups is 1. The minimum atomic E-state index is -0.190. The minimum Gasteiger partial charge on any atom is -0.497 e. The zero-order valence-corrected chi connectivity index (χ0v) is 13.0. The van der Waals surface area contributed by atoms with Crippen molar-refractivity contribution in [2.24, 2.45) is 10.9 Å². The summed E-state index contributed by atoms with van der Waals surface area (Å²) < 4.78 is 5.10. The molecule has 0 bridgehead atoms. The largest absolute Gasteiger partial charge is 0.497 e. The van der Waals surface area contributed by atoms with E-state index in [1.165, 1.54) is 11.8 Å². The van der Waals surface area contributed by atoms with Crippen LogP contribution in [0.15, 0.2) is 29.3 Å². The summed E-state index contributed by atoms with van der Waals surface area (Å²) in [5, 5.41) is 3.54. The van der Waals surface area contributed by atoms with Crippen LogP contribution in [0, 0.1) is 5.92 Å². The third-order valence-electron chi connectivity index (χ3n) is 3.06. The molecule has 1 aliphatic rings. The third kappa shape index (κ3) is 3.80. The smallest absolute Gasteiger partial charge is 0.199 e. The second kappa shape index (κ2) is 6.85. The molecule has 0 saturated heterocycles. The van der Waals surface area contributed by atoms with Crippen LogP contribution in [0.1, 0.15) is 12.5 Å². The summed E-state index contributed by atoms with van der Waals surface area (Å²) >= 11 is 6.27. The Hall–Kier alpha value is -1.40. The molecule has 2 rings (SSSR count). The highest BCUT2D eigenvalue weighted by molar-refractivity contribution is 8.13. The zero-order valence-electron chi connectivity index (χ0n) is 11.4. The number of carbonyl (C=O) groups excluding carboxylic acids is 1. The predicted octanol–water partition coefficient (Wildman–Crippen LogP) is 2.42. The molecular formula is C14H16N2O2S2. The first-order valence-corrected chi connectivity index (χ1v) is 7.62. The molecule has 1 aliphatic heterocycles. The van der Waals surface area contributed by atoms with Crippen molar-refractivity contribution in [1.29, 1.82) is 0 Å². The van der Waals surface area contributed by atoms with E-state index in [1.807, 2.05) is 31.2 Å². The zero-order chi connectivity index (χ0) is 14.5. The van der Waals surface area contributed by atoms with Gasteiger partial charge in [0.1, 0.15) is 5.75 Å². The second-order valence-corrected chi connectivity index (χ2v) is 5.81. The molecule has 6 heteroatoms. The fourth-order valence-corrected chi connectivity index (χ4v) is 3.03. The van der Waals surface area contributed by atoms with Gasteiger partial charge in [0.25, 0.3) is 0 Å². The van der Waals surface area contributed by atoms with Crippen LogP contribution in [0.25, 0.3) is 0 Å². The molecule has 1 unspecified atom stereocenters. The Bertz CT molecular complexity index is 541. The fourth-order valence-electron chi connectivity index (χ4n) is 1.85. The Labute approximate surface area is 128 Å². The van der Waals surface area contributed by atoms with E-state index in [2.05, 4.69) is 10.3 Å². The number of hydrogen-bond donors (Lipinski definition) is 1. The lowest BCUT2D eigenvalue weighted by Gasteiger charge is -2.20. The molecule has 0 saturated carbocycles. The maximum absolute atomic E-state index is 12.2. The highest BCUT2D eigenvalue weighted by Gasteiger charge is 2.25. The predicted molar refractivity (Wildman–Crippen MR) is 86.5 cm³/mol. The number of methoxy groups -OCH3 is 1. The number of nitrogens with zero attached hydrogens (tertiary/aromatic N) is 1. The summed E-state index contributed by atoms with van der Waals surface area (Å²) in [7, 11) is 1.63. The quantitative estimate of drug-likeness (QED) is 0.866. The first kappa shape index (κ1) is 15.0. The van der Waals surface area contributed by atoms with Gasteiger partial charge >= 0.3 is 0 Å². The molecule has 1 atom stereocenters. The van der Waals surface area contributed by atoms with Crippen LogP contribution < -0.4 is 10.1 Å². The van der Waals surface area contributed by atoms with Gasteiger partial charge in [-0.15, -0.1) is 0 Å². The van der Waals surface area contributed by atoms with Gasteiger partial charge < -0.3 is 10.1 Å². The summed E-state index contributed by atoms with van der Waals surface area (Å²) in [5.41, 5.74) is 1.89. The van der Waals surface area contributed by atoms with Crippen LogP contribution >= 0.6 is 24.0 Å². The molecule has 1 aromatic carbocycles. The van der Waals surface area contributed by atoms with Crippen molar-refractivity contribution in [3.05, 3.63) is 29.8 Å². The normalized spacial score (nSPS) is 18.2. The van der Waals surface area contributed by atoms with E-state index in [9.17, 15) is 4.79 Å². The van der Waals surface area contributed by atoms with Gasteiger partial charge in [-0.2, -0.15) is 0 Å². The number of hydrogen-bond acceptors (Lipinski definition) is 4. The summed E-state index contributed by atoms with van der Waals surface area (Å²) in [6, 6.07) is 7.73. The molecule has 0 radical (unpaired) electrons. The van der Waals surface area contributed by atoms with Gasteiger partial charge in [0.15, 0.2) is 10.2 Å². The van der Waals surface area contributed by atoms with E-state index < -0.39 is 0 Å². The summed E-state index contributed by atoms with van der Waals surface area (Å²) in [5.74, 6) is 1.28. The van der Waals surface area contributed by atoms with E-state index in [4.69, 9.17) is 17.0 Å². The van der Waals surface area contributed by atoms with Crippen molar-refractivity contribution in [1.82, 2.24) is 5.32 Å². The van der Waals surface area contributed by atoms with Crippen LogP contribution in [0.3, 0.4) is 0 Å². The molecule has 0 aliphatic carbocycles. The number of nitrogens with one attached hydrogen (secondary N) is 1. The minimum absolute atomic E-state index is 0.122. The van der Waals surface area contributed by atoms with Crippen molar-refractivity contribution in [2.75, 3.05) is 13.7 Å². The average Bonchev–Trinajstić information content (AvgIpc) is 2.45.